The molecule has 2 aromatic heterocycles. The van der Waals surface area contributed by atoms with Crippen molar-refractivity contribution in [3.63, 3.8) is 0 Å². The first-order chi connectivity index (χ1) is 16.6. The van der Waals surface area contributed by atoms with Crippen LogP contribution in [-0.4, -0.2) is 45.2 Å². The Morgan fingerprint density at radius 3 is 2.66 bits per heavy atom. The van der Waals surface area contributed by atoms with Crippen LogP contribution in [0.25, 0.3) is 16.8 Å². The number of aliphatic hydroxyl groups excluding tert-OH is 1. The third-order valence-electron chi connectivity index (χ3n) is 5.30. The molecule has 182 valence electrons. The number of nitrogens with one attached hydrogen (secondary N) is 1. The first-order valence-corrected chi connectivity index (χ1v) is 10.6. The van der Waals surface area contributed by atoms with Crippen LogP contribution in [0.15, 0.2) is 54.7 Å². The highest BCUT2D eigenvalue weighted by Gasteiger charge is 2.40. The van der Waals surface area contributed by atoms with E-state index >= 15 is 4.39 Å². The lowest BCUT2D eigenvalue weighted by Gasteiger charge is -2.23. The molecule has 4 rings (SSSR count). The second-order valence-corrected chi connectivity index (χ2v) is 8.00. The average Bonchev–Trinajstić information content (AvgIpc) is 3.21. The minimum atomic E-state index is -3.76. The number of halogens is 4. The fourth-order valence-electron chi connectivity index (χ4n) is 3.46. The molecule has 0 radical (unpaired) electrons. The Morgan fingerprint density at radius 1 is 1.26 bits per heavy atom. The number of amides is 1. The van der Waals surface area contributed by atoms with E-state index in [4.69, 9.17) is 22.1 Å². The Balaban J connectivity index is 1.55. The summed E-state index contributed by atoms with van der Waals surface area (Å²) in [6.07, 6.45) is -0.717. The number of carbonyl (C=O) groups is 1. The van der Waals surface area contributed by atoms with E-state index < -0.39 is 35.9 Å². The van der Waals surface area contributed by atoms with E-state index in [0.717, 1.165) is 0 Å². The number of anilines is 1. The summed E-state index contributed by atoms with van der Waals surface area (Å²) in [5.41, 5.74) is 5.54. The van der Waals surface area contributed by atoms with Gasteiger partial charge in [-0.2, -0.15) is 4.98 Å². The molecule has 0 aliphatic carbocycles. The molecule has 0 spiro atoms. The number of nitrogens with zero attached hydrogens (tertiary/aromatic N) is 3. The number of hydrogen-bond donors (Lipinski definition) is 3. The molecule has 0 aliphatic rings. The lowest BCUT2D eigenvalue weighted by Crippen LogP contribution is -2.41. The van der Waals surface area contributed by atoms with Crippen LogP contribution in [0.4, 0.5) is 19.1 Å². The van der Waals surface area contributed by atoms with E-state index in [9.17, 15) is 18.7 Å². The zero-order chi connectivity index (χ0) is 25.3. The van der Waals surface area contributed by atoms with Crippen molar-refractivity contribution in [1.82, 2.24) is 19.9 Å². The number of nitrogen functional groups attached to an aromatic ring is 1. The van der Waals surface area contributed by atoms with Crippen molar-refractivity contribution >= 4 is 29.1 Å². The molecule has 0 fully saturated rings. The molecule has 12 heteroatoms. The fourth-order valence-corrected chi connectivity index (χ4v) is 3.69. The van der Waals surface area contributed by atoms with Gasteiger partial charge in [0.25, 0.3) is 11.8 Å². The largest absolute Gasteiger partial charge is 0.497 e. The molecule has 2 aromatic carbocycles. The van der Waals surface area contributed by atoms with Gasteiger partial charge in [0.15, 0.2) is 5.65 Å². The molecule has 4 aromatic rings. The molecule has 0 aliphatic heterocycles. The Bertz CT molecular complexity index is 1400. The first-order valence-electron chi connectivity index (χ1n) is 10.2. The smallest absolute Gasteiger partial charge is 0.294 e. The summed E-state index contributed by atoms with van der Waals surface area (Å²) in [7, 11) is 1.41. The van der Waals surface area contributed by atoms with Crippen LogP contribution >= 0.6 is 11.6 Å². The van der Waals surface area contributed by atoms with Gasteiger partial charge in [0.05, 0.1) is 24.2 Å². The first kappa shape index (κ1) is 24.3. The molecule has 0 saturated heterocycles. The summed E-state index contributed by atoms with van der Waals surface area (Å²) in [6.45, 7) is -1.26. The van der Waals surface area contributed by atoms with Crippen molar-refractivity contribution in [3.05, 3.63) is 76.7 Å². The topological polar surface area (TPSA) is 115 Å². The van der Waals surface area contributed by atoms with Gasteiger partial charge in [-0.3, -0.25) is 4.79 Å². The van der Waals surface area contributed by atoms with Gasteiger partial charge in [-0.05, 0) is 47.5 Å². The van der Waals surface area contributed by atoms with Gasteiger partial charge in [0.1, 0.15) is 17.7 Å². The Morgan fingerprint density at radius 2 is 1.97 bits per heavy atom. The number of benzene rings is 2. The number of carbonyl (C=O) groups excluding carboxylic acids is 1. The number of nitrogens with two attached hydrogens (primary N) is 1. The Kier molecular flexibility index (Phi) is 6.55. The monoisotopic (exact) mass is 505 g/mol. The number of pyridine rings is 1. The number of fused-ring (bicyclic) bond motifs is 1. The third kappa shape index (κ3) is 4.86. The van der Waals surface area contributed by atoms with Crippen molar-refractivity contribution in [3.8, 4) is 16.9 Å². The molecule has 0 unspecified atom stereocenters. The number of hydrogen-bond acceptors (Lipinski definition) is 6. The summed E-state index contributed by atoms with van der Waals surface area (Å²) in [5, 5.41) is 15.7. The maximum absolute atomic E-state index is 15.3. The second kappa shape index (κ2) is 9.43. The van der Waals surface area contributed by atoms with Gasteiger partial charge < -0.3 is 20.9 Å². The molecule has 1 atom stereocenters. The number of ether oxygens (including phenoxy) is 1. The molecule has 4 N–H and O–H groups in total. The molecule has 1 amide bonds. The van der Waals surface area contributed by atoms with Crippen LogP contribution in [-0.2, 0) is 0 Å². The SMILES string of the molecule is COc1ccc([C@H](O)C(F)(F)CNC(=O)c2c(Cl)ccc(-c3ccn4nc(N)nc4c3)c2F)cc1. The molecule has 8 nitrogen and oxygen atoms in total. The quantitative estimate of drug-likeness (QED) is 0.351. The number of aliphatic hydroxyl groups is 1. The van der Waals surface area contributed by atoms with Crippen molar-refractivity contribution in [2.75, 3.05) is 19.4 Å². The fraction of sp³-hybridized carbons (Fsp3) is 0.174. The standard InChI is InChI=1S/C23H19ClF3N5O3/c1-35-14-4-2-12(3-5-14)20(33)23(26,27)11-29-21(34)18-16(24)7-6-15(19(18)25)13-8-9-32-17(10-13)30-22(28)31-32/h2-10,20,33H,11H2,1H3,(H2,28,31)(H,29,34)/t20-/m0/s1. The van der Waals surface area contributed by atoms with Crippen LogP contribution in [0.3, 0.4) is 0 Å². The van der Waals surface area contributed by atoms with Crippen LogP contribution < -0.4 is 15.8 Å². The highest BCUT2D eigenvalue weighted by Crippen LogP contribution is 2.33. The normalized spacial score (nSPS) is 12.5. The van der Waals surface area contributed by atoms with Gasteiger partial charge in [0, 0.05) is 11.8 Å². The molecular weight excluding hydrogens is 487 g/mol. The highest BCUT2D eigenvalue weighted by atomic mass is 35.5. The van der Waals surface area contributed by atoms with E-state index in [2.05, 4.69) is 10.1 Å². The van der Waals surface area contributed by atoms with Crippen molar-refractivity contribution in [2.24, 2.45) is 0 Å². The van der Waals surface area contributed by atoms with Crippen molar-refractivity contribution in [1.29, 1.82) is 0 Å². The van der Waals surface area contributed by atoms with Gasteiger partial charge >= 0.3 is 0 Å². The van der Waals surface area contributed by atoms with Gasteiger partial charge in [-0.25, -0.2) is 17.7 Å². The zero-order valence-corrected chi connectivity index (χ0v) is 18.9. The predicted molar refractivity (Wildman–Crippen MR) is 123 cm³/mol. The summed E-state index contributed by atoms with van der Waals surface area (Å²) < 4.78 is 50.9. The third-order valence-corrected chi connectivity index (χ3v) is 5.61. The highest BCUT2D eigenvalue weighted by molar-refractivity contribution is 6.34. The predicted octanol–water partition coefficient (Wildman–Crippen LogP) is 3.88. The van der Waals surface area contributed by atoms with Gasteiger partial charge in [0.2, 0.25) is 5.95 Å². The number of alkyl halides is 2. The van der Waals surface area contributed by atoms with Gasteiger partial charge in [-0.1, -0.05) is 23.7 Å². The molecule has 35 heavy (non-hydrogen) atoms. The van der Waals surface area contributed by atoms with E-state index in [1.165, 1.54) is 66.4 Å². The van der Waals surface area contributed by atoms with E-state index in [1.807, 2.05) is 5.32 Å². The zero-order valence-electron chi connectivity index (χ0n) is 18.2. The number of methoxy groups -OCH3 is 1. The minimum Gasteiger partial charge on any atom is -0.497 e. The average molecular weight is 506 g/mol. The van der Waals surface area contributed by atoms with Crippen LogP contribution in [0.5, 0.6) is 5.75 Å². The van der Waals surface area contributed by atoms with Crippen LogP contribution in [0, 0.1) is 5.82 Å². The van der Waals surface area contributed by atoms with Crippen molar-refractivity contribution < 1.29 is 27.8 Å². The lowest BCUT2D eigenvalue weighted by molar-refractivity contribution is -0.106. The molecular formula is C23H19ClF3N5O3. The molecule has 0 saturated carbocycles. The van der Waals surface area contributed by atoms with Gasteiger partial charge in [-0.15, -0.1) is 5.10 Å². The molecule has 2 heterocycles. The van der Waals surface area contributed by atoms with Crippen LogP contribution in [0.2, 0.25) is 5.02 Å². The summed E-state index contributed by atoms with van der Waals surface area (Å²) >= 11 is 6.03. The molecule has 0 bridgehead atoms. The Hall–Kier alpha value is -3.83. The maximum Gasteiger partial charge on any atom is 0.294 e. The second-order valence-electron chi connectivity index (χ2n) is 7.59. The lowest BCUT2D eigenvalue weighted by atomic mass is 10.0. The number of rotatable bonds is 7. The van der Waals surface area contributed by atoms with E-state index in [0.29, 0.717) is 17.0 Å². The van der Waals surface area contributed by atoms with E-state index in [1.54, 1.807) is 0 Å². The Labute approximate surface area is 202 Å². The summed E-state index contributed by atoms with van der Waals surface area (Å²) in [4.78, 5) is 16.7. The maximum atomic E-state index is 15.3. The summed E-state index contributed by atoms with van der Waals surface area (Å²) in [6, 6.07) is 11.0. The van der Waals surface area contributed by atoms with Crippen molar-refractivity contribution in [2.45, 2.75) is 12.0 Å². The van der Waals surface area contributed by atoms with Crippen LogP contribution in [0.1, 0.15) is 22.0 Å². The summed E-state index contributed by atoms with van der Waals surface area (Å²) in [5.74, 6) is -5.48. The number of aromatic nitrogens is 3. The van der Waals surface area contributed by atoms with E-state index in [-0.39, 0.29) is 22.1 Å². The minimum absolute atomic E-state index is 0.00588.